The number of benzene rings is 2. The number of hydrogen-bond donors (Lipinski definition) is 1. The van der Waals surface area contributed by atoms with E-state index >= 15 is 0 Å². The predicted octanol–water partition coefficient (Wildman–Crippen LogP) is 5.98. The number of aliphatic hydroxyl groups excluding tert-OH is 1. The fourth-order valence-corrected chi connectivity index (χ4v) is 5.16. The standard InChI is InChI=1S/C30H29FN2O6S/c1-5-14-39-29(37)27-18(4)32-30(40-27)33-24(20-7-6-8-22(16-20)38-15-13-17(2)3)23(26(35)28(33)36)25(34)19-9-11-21(31)12-10-19/h5-12,16-17,24,34H,1,13-15H2,2-4H3/b25-23+. The number of thiazole rings is 1. The van der Waals surface area contributed by atoms with Crippen LogP contribution in [0.5, 0.6) is 5.75 Å². The third-order valence-corrected chi connectivity index (χ3v) is 7.35. The van der Waals surface area contributed by atoms with Crippen LogP contribution in [-0.2, 0) is 14.3 Å². The number of ketones is 1. The summed E-state index contributed by atoms with van der Waals surface area (Å²) in [5.74, 6) is -2.53. The number of hydrogen-bond acceptors (Lipinski definition) is 8. The third kappa shape index (κ3) is 5.96. The number of ether oxygens (including phenoxy) is 2. The minimum atomic E-state index is -1.10. The molecule has 4 rings (SSSR count). The Balaban J connectivity index is 1.84. The van der Waals surface area contributed by atoms with Crippen molar-refractivity contribution in [3.05, 3.63) is 94.3 Å². The fraction of sp³-hybridized carbons (Fsp3) is 0.267. The van der Waals surface area contributed by atoms with Gasteiger partial charge in [0.1, 0.15) is 28.8 Å². The first-order chi connectivity index (χ1) is 19.1. The highest BCUT2D eigenvalue weighted by Crippen LogP contribution is 2.44. The van der Waals surface area contributed by atoms with Crippen LogP contribution < -0.4 is 9.64 Å². The zero-order valence-electron chi connectivity index (χ0n) is 22.3. The highest BCUT2D eigenvalue weighted by Gasteiger charge is 2.48. The van der Waals surface area contributed by atoms with Crippen molar-refractivity contribution in [1.29, 1.82) is 0 Å². The highest BCUT2D eigenvalue weighted by molar-refractivity contribution is 7.17. The van der Waals surface area contributed by atoms with Crippen molar-refractivity contribution in [2.45, 2.75) is 33.2 Å². The van der Waals surface area contributed by atoms with Crippen molar-refractivity contribution in [2.24, 2.45) is 5.92 Å². The van der Waals surface area contributed by atoms with Gasteiger partial charge in [-0.05, 0) is 61.2 Å². The number of aromatic nitrogens is 1. The second-order valence-corrected chi connectivity index (χ2v) is 10.6. The van der Waals surface area contributed by atoms with Gasteiger partial charge in [0.25, 0.3) is 5.78 Å². The molecular weight excluding hydrogens is 535 g/mol. The van der Waals surface area contributed by atoms with Crippen molar-refractivity contribution in [1.82, 2.24) is 4.98 Å². The minimum Gasteiger partial charge on any atom is -0.507 e. The summed E-state index contributed by atoms with van der Waals surface area (Å²) in [5, 5.41) is 11.3. The SMILES string of the molecule is C=CCOC(=O)c1sc(N2C(=O)C(=O)/C(=C(/O)c3ccc(F)cc3)C2c2cccc(OCCC(C)C)c2)nc1C. The van der Waals surface area contributed by atoms with Gasteiger partial charge >= 0.3 is 11.9 Å². The summed E-state index contributed by atoms with van der Waals surface area (Å²) in [4.78, 5) is 45.2. The molecule has 1 aliphatic heterocycles. The van der Waals surface area contributed by atoms with Gasteiger partial charge in [0.05, 0.1) is 23.9 Å². The number of aryl methyl sites for hydroxylation is 1. The first kappa shape index (κ1) is 28.7. The van der Waals surface area contributed by atoms with Gasteiger partial charge in [0.15, 0.2) is 5.13 Å². The summed E-state index contributed by atoms with van der Waals surface area (Å²) in [6.45, 7) is 9.76. The third-order valence-electron chi connectivity index (χ3n) is 6.21. The maximum absolute atomic E-state index is 13.6. The summed E-state index contributed by atoms with van der Waals surface area (Å²) in [7, 11) is 0. The van der Waals surface area contributed by atoms with E-state index in [9.17, 15) is 23.9 Å². The Kier molecular flexibility index (Phi) is 8.79. The van der Waals surface area contributed by atoms with Crippen molar-refractivity contribution in [3.63, 3.8) is 0 Å². The summed E-state index contributed by atoms with van der Waals surface area (Å²) >= 11 is 0.900. The molecule has 1 aromatic heterocycles. The largest absolute Gasteiger partial charge is 0.507 e. The molecule has 2 heterocycles. The van der Waals surface area contributed by atoms with Gasteiger partial charge in [0.2, 0.25) is 0 Å². The molecule has 2 aromatic carbocycles. The average Bonchev–Trinajstić information content (AvgIpc) is 3.43. The number of Topliss-reactive ketones (excluding diaryl/α,β-unsaturated/α-hetero) is 1. The quantitative estimate of drug-likeness (QED) is 0.106. The molecule has 1 amide bonds. The van der Waals surface area contributed by atoms with E-state index in [-0.39, 0.29) is 27.8 Å². The molecule has 0 radical (unpaired) electrons. The Morgan fingerprint density at radius 2 is 1.95 bits per heavy atom. The van der Waals surface area contributed by atoms with Crippen LogP contribution in [0, 0.1) is 18.7 Å². The van der Waals surface area contributed by atoms with Crippen molar-refractivity contribution < 1.29 is 33.4 Å². The number of carbonyl (C=O) groups is 3. The topological polar surface area (TPSA) is 106 Å². The number of nitrogens with zero attached hydrogens (tertiary/aromatic N) is 2. The van der Waals surface area contributed by atoms with E-state index in [1.165, 1.54) is 18.2 Å². The van der Waals surface area contributed by atoms with Crippen molar-refractivity contribution >= 4 is 39.9 Å². The molecule has 1 saturated heterocycles. The first-order valence-corrected chi connectivity index (χ1v) is 13.5. The van der Waals surface area contributed by atoms with Crippen LogP contribution in [0.2, 0.25) is 0 Å². The molecule has 0 spiro atoms. The zero-order chi connectivity index (χ0) is 29.0. The Morgan fingerprint density at radius 3 is 2.62 bits per heavy atom. The van der Waals surface area contributed by atoms with Crippen LogP contribution in [0.3, 0.4) is 0 Å². The molecule has 10 heteroatoms. The van der Waals surface area contributed by atoms with E-state index in [1.807, 2.05) is 0 Å². The smallest absolute Gasteiger partial charge is 0.350 e. The molecular formula is C30H29FN2O6S. The Hall–Kier alpha value is -4.31. The lowest BCUT2D eigenvalue weighted by molar-refractivity contribution is -0.132. The van der Waals surface area contributed by atoms with Gasteiger partial charge in [0, 0.05) is 5.56 Å². The van der Waals surface area contributed by atoms with Gasteiger partial charge in [-0.2, -0.15) is 0 Å². The van der Waals surface area contributed by atoms with E-state index in [4.69, 9.17) is 9.47 Å². The molecule has 0 bridgehead atoms. The average molecular weight is 565 g/mol. The van der Waals surface area contributed by atoms with Crippen molar-refractivity contribution in [2.75, 3.05) is 18.1 Å². The van der Waals surface area contributed by atoms with E-state index in [2.05, 4.69) is 25.4 Å². The molecule has 1 N–H and O–H groups in total. The lowest BCUT2D eigenvalue weighted by atomic mass is 9.95. The predicted molar refractivity (Wildman–Crippen MR) is 150 cm³/mol. The number of carbonyl (C=O) groups excluding carboxylic acids is 3. The molecule has 208 valence electrons. The number of esters is 1. The molecule has 3 aromatic rings. The van der Waals surface area contributed by atoms with Crippen LogP contribution in [0.25, 0.3) is 5.76 Å². The van der Waals surface area contributed by atoms with Crippen LogP contribution in [-0.4, -0.2) is 41.0 Å². The number of aliphatic hydroxyl groups is 1. The molecule has 0 aliphatic carbocycles. The van der Waals surface area contributed by atoms with Gasteiger partial charge in [-0.25, -0.2) is 14.2 Å². The maximum Gasteiger partial charge on any atom is 0.350 e. The maximum atomic E-state index is 13.6. The van der Waals surface area contributed by atoms with Crippen LogP contribution in [0.15, 0.2) is 66.8 Å². The Bertz CT molecular complexity index is 1480. The number of anilines is 1. The molecule has 0 saturated carbocycles. The lowest BCUT2D eigenvalue weighted by Crippen LogP contribution is -2.29. The molecule has 1 fully saturated rings. The molecule has 1 atom stereocenters. The summed E-state index contributed by atoms with van der Waals surface area (Å²) < 4.78 is 24.6. The second-order valence-electron chi connectivity index (χ2n) is 9.58. The molecule has 40 heavy (non-hydrogen) atoms. The first-order valence-electron chi connectivity index (χ1n) is 12.7. The van der Waals surface area contributed by atoms with E-state index < -0.39 is 35.3 Å². The Morgan fingerprint density at radius 1 is 1.23 bits per heavy atom. The number of amides is 1. The zero-order valence-corrected chi connectivity index (χ0v) is 23.2. The van der Waals surface area contributed by atoms with Gasteiger partial charge in [-0.3, -0.25) is 14.5 Å². The van der Waals surface area contributed by atoms with E-state index in [0.717, 1.165) is 34.8 Å². The van der Waals surface area contributed by atoms with Gasteiger partial charge in [-0.15, -0.1) is 0 Å². The monoisotopic (exact) mass is 564 g/mol. The summed E-state index contributed by atoms with van der Waals surface area (Å²) in [5.41, 5.74) is 0.768. The normalized spacial score (nSPS) is 16.4. The summed E-state index contributed by atoms with van der Waals surface area (Å²) in [6.07, 6.45) is 2.26. The molecule has 8 nitrogen and oxygen atoms in total. The van der Waals surface area contributed by atoms with Crippen LogP contribution in [0.1, 0.15) is 52.8 Å². The van der Waals surface area contributed by atoms with E-state index in [0.29, 0.717) is 29.5 Å². The lowest BCUT2D eigenvalue weighted by Gasteiger charge is -2.23. The number of halogens is 1. The Labute approximate surface area is 235 Å². The van der Waals surface area contributed by atoms with Crippen LogP contribution in [0.4, 0.5) is 9.52 Å². The fourth-order valence-electron chi connectivity index (χ4n) is 4.17. The van der Waals surface area contributed by atoms with Crippen LogP contribution >= 0.6 is 11.3 Å². The van der Waals surface area contributed by atoms with Gasteiger partial charge < -0.3 is 14.6 Å². The second kappa shape index (κ2) is 12.3. The molecule has 1 aliphatic rings. The van der Waals surface area contributed by atoms with E-state index in [1.54, 1.807) is 31.2 Å². The molecule has 1 unspecified atom stereocenters. The number of rotatable bonds is 10. The van der Waals surface area contributed by atoms with Gasteiger partial charge in [-0.1, -0.05) is 50.0 Å². The minimum absolute atomic E-state index is 0.00269. The highest BCUT2D eigenvalue weighted by atomic mass is 32.1. The van der Waals surface area contributed by atoms with Crippen molar-refractivity contribution in [3.8, 4) is 5.75 Å². The summed E-state index contributed by atoms with van der Waals surface area (Å²) in [6, 6.07) is 10.7.